The molecule has 0 spiro atoms. The topological polar surface area (TPSA) is 67.2 Å². The second-order valence-corrected chi connectivity index (χ2v) is 4.79. The first-order chi connectivity index (χ1) is 9.56. The quantitative estimate of drug-likeness (QED) is 0.793. The summed E-state index contributed by atoms with van der Waals surface area (Å²) in [6.07, 6.45) is 0. The number of carbonyl (C=O) groups excluding carboxylic acids is 1. The van der Waals surface area contributed by atoms with Crippen LogP contribution in [0.25, 0.3) is 0 Å². The molecule has 2 aromatic carbocycles. The molecule has 2 rings (SSSR count). The van der Waals surface area contributed by atoms with Gasteiger partial charge in [-0.25, -0.2) is 4.79 Å². The number of amides is 2. The van der Waals surface area contributed by atoms with Gasteiger partial charge in [-0.05, 0) is 43.2 Å². The van der Waals surface area contributed by atoms with Gasteiger partial charge in [0.25, 0.3) is 0 Å². The fourth-order valence-corrected chi connectivity index (χ4v) is 2.05. The van der Waals surface area contributed by atoms with E-state index in [0.717, 1.165) is 11.3 Å². The Labute approximate surface area is 119 Å². The lowest BCUT2D eigenvalue weighted by molar-refractivity contribution is 0.259. The molecule has 0 bridgehead atoms. The minimum absolute atomic E-state index is 0.179. The van der Waals surface area contributed by atoms with Gasteiger partial charge in [-0.1, -0.05) is 30.3 Å². The fourth-order valence-electron chi connectivity index (χ4n) is 2.05. The molecular weight excluding hydrogens is 250 g/mol. The van der Waals surface area contributed by atoms with Crippen molar-refractivity contribution in [1.29, 1.82) is 0 Å². The van der Waals surface area contributed by atoms with Crippen LogP contribution in [0.1, 0.15) is 24.1 Å². The predicted octanol–water partition coefficient (Wildman–Crippen LogP) is 3.66. The van der Waals surface area contributed by atoms with Gasteiger partial charge >= 0.3 is 6.03 Å². The molecule has 0 aromatic heterocycles. The highest BCUT2D eigenvalue weighted by molar-refractivity contribution is 5.87. The van der Waals surface area contributed by atoms with Crippen LogP contribution in [-0.2, 0) is 0 Å². The van der Waals surface area contributed by atoms with E-state index in [2.05, 4.69) is 36.6 Å². The van der Waals surface area contributed by atoms with E-state index in [0.29, 0.717) is 5.69 Å². The number of hydrogen-bond donors (Lipinski definition) is 3. The Morgan fingerprint density at radius 2 is 1.75 bits per heavy atom. The van der Waals surface area contributed by atoms with Crippen LogP contribution in [0, 0.1) is 6.92 Å². The Morgan fingerprint density at radius 1 is 1.10 bits per heavy atom. The molecule has 4 N–H and O–H groups in total. The normalized spacial score (nSPS) is 11.7. The van der Waals surface area contributed by atoms with Gasteiger partial charge in [0.15, 0.2) is 0 Å². The molecule has 0 heterocycles. The highest BCUT2D eigenvalue weighted by atomic mass is 16.2. The van der Waals surface area contributed by atoms with Crippen LogP contribution in [0.2, 0.25) is 0 Å². The van der Waals surface area contributed by atoms with Crippen molar-refractivity contribution in [2.45, 2.75) is 19.9 Å². The Hall–Kier alpha value is -2.49. The average Bonchev–Trinajstić information content (AvgIpc) is 2.41. The summed E-state index contributed by atoms with van der Waals surface area (Å²) in [6.45, 7) is 4.18. The summed E-state index contributed by atoms with van der Waals surface area (Å²) in [5, 5.41) is 6.02. The van der Waals surface area contributed by atoms with Crippen LogP contribution < -0.4 is 16.4 Å². The standard InChI is InChI=1S/C16H19N3O/c1-11-5-3-4-6-15(11)18-12(2)13-7-9-14(10-8-13)19-16(17)20/h3-10,12,18H,1-2H3,(H3,17,19,20). The van der Waals surface area contributed by atoms with E-state index in [4.69, 9.17) is 5.73 Å². The van der Waals surface area contributed by atoms with Crippen molar-refractivity contribution in [2.75, 3.05) is 10.6 Å². The van der Waals surface area contributed by atoms with Gasteiger partial charge in [0.05, 0.1) is 0 Å². The second-order valence-electron chi connectivity index (χ2n) is 4.79. The number of urea groups is 1. The number of benzene rings is 2. The molecule has 0 saturated heterocycles. The maximum absolute atomic E-state index is 10.8. The molecule has 4 nitrogen and oxygen atoms in total. The van der Waals surface area contributed by atoms with Crippen molar-refractivity contribution < 1.29 is 4.79 Å². The van der Waals surface area contributed by atoms with E-state index in [-0.39, 0.29) is 6.04 Å². The van der Waals surface area contributed by atoms with Gasteiger partial charge < -0.3 is 16.4 Å². The summed E-state index contributed by atoms with van der Waals surface area (Å²) in [5.41, 5.74) is 9.26. The Bertz CT molecular complexity index is 593. The van der Waals surface area contributed by atoms with Crippen molar-refractivity contribution in [3.63, 3.8) is 0 Å². The SMILES string of the molecule is Cc1ccccc1NC(C)c1ccc(NC(N)=O)cc1. The van der Waals surface area contributed by atoms with Crippen LogP contribution in [0.4, 0.5) is 16.2 Å². The molecule has 104 valence electrons. The summed E-state index contributed by atoms with van der Waals surface area (Å²) < 4.78 is 0. The molecule has 0 saturated carbocycles. The summed E-state index contributed by atoms with van der Waals surface area (Å²) in [4.78, 5) is 10.8. The molecule has 2 amide bonds. The third-order valence-corrected chi connectivity index (χ3v) is 3.20. The molecule has 2 aromatic rings. The van der Waals surface area contributed by atoms with Gasteiger partial charge in [0.2, 0.25) is 0 Å². The zero-order chi connectivity index (χ0) is 14.5. The Kier molecular flexibility index (Phi) is 4.25. The van der Waals surface area contributed by atoms with Gasteiger partial charge in [0, 0.05) is 17.4 Å². The summed E-state index contributed by atoms with van der Waals surface area (Å²) in [5.74, 6) is 0. The molecule has 20 heavy (non-hydrogen) atoms. The number of para-hydroxylation sites is 1. The number of rotatable bonds is 4. The van der Waals surface area contributed by atoms with Crippen molar-refractivity contribution in [1.82, 2.24) is 0 Å². The van der Waals surface area contributed by atoms with Crippen molar-refractivity contribution in [2.24, 2.45) is 5.73 Å². The van der Waals surface area contributed by atoms with Gasteiger partial charge in [0.1, 0.15) is 0 Å². The van der Waals surface area contributed by atoms with Crippen LogP contribution in [0.3, 0.4) is 0 Å². The maximum Gasteiger partial charge on any atom is 0.316 e. The molecule has 4 heteroatoms. The van der Waals surface area contributed by atoms with E-state index >= 15 is 0 Å². The second kappa shape index (κ2) is 6.10. The van der Waals surface area contributed by atoms with E-state index in [1.54, 1.807) is 0 Å². The number of anilines is 2. The Morgan fingerprint density at radius 3 is 2.35 bits per heavy atom. The molecular formula is C16H19N3O. The Balaban J connectivity index is 2.08. The highest BCUT2D eigenvalue weighted by Gasteiger charge is 2.06. The highest BCUT2D eigenvalue weighted by Crippen LogP contribution is 2.22. The molecule has 1 atom stereocenters. The molecule has 0 aliphatic carbocycles. The number of nitrogens with two attached hydrogens (primary N) is 1. The third-order valence-electron chi connectivity index (χ3n) is 3.20. The zero-order valence-electron chi connectivity index (χ0n) is 11.7. The lowest BCUT2D eigenvalue weighted by Crippen LogP contribution is -2.19. The zero-order valence-corrected chi connectivity index (χ0v) is 11.7. The number of hydrogen-bond acceptors (Lipinski definition) is 2. The summed E-state index contributed by atoms with van der Waals surface area (Å²) in [6, 6.07) is 15.4. The average molecular weight is 269 g/mol. The summed E-state index contributed by atoms with van der Waals surface area (Å²) >= 11 is 0. The monoisotopic (exact) mass is 269 g/mol. The number of aryl methyl sites for hydroxylation is 1. The van der Waals surface area contributed by atoms with Crippen molar-refractivity contribution in [3.05, 3.63) is 59.7 Å². The summed E-state index contributed by atoms with van der Waals surface area (Å²) in [7, 11) is 0. The first-order valence-corrected chi connectivity index (χ1v) is 6.55. The lowest BCUT2D eigenvalue weighted by atomic mass is 10.1. The van der Waals surface area contributed by atoms with E-state index in [1.165, 1.54) is 5.56 Å². The minimum Gasteiger partial charge on any atom is -0.378 e. The molecule has 0 aliphatic heterocycles. The molecule has 0 aliphatic rings. The first kappa shape index (κ1) is 13.9. The minimum atomic E-state index is -0.552. The third kappa shape index (κ3) is 3.51. The number of nitrogens with one attached hydrogen (secondary N) is 2. The van der Waals surface area contributed by atoms with Gasteiger partial charge in [-0.3, -0.25) is 0 Å². The van der Waals surface area contributed by atoms with Crippen molar-refractivity contribution >= 4 is 17.4 Å². The van der Waals surface area contributed by atoms with E-state index in [1.807, 2.05) is 36.4 Å². The van der Waals surface area contributed by atoms with Crippen LogP contribution in [-0.4, -0.2) is 6.03 Å². The number of primary amides is 1. The van der Waals surface area contributed by atoms with Crippen LogP contribution in [0.5, 0.6) is 0 Å². The fraction of sp³-hybridized carbons (Fsp3) is 0.188. The molecule has 0 radical (unpaired) electrons. The van der Waals surface area contributed by atoms with Crippen LogP contribution >= 0.6 is 0 Å². The molecule has 0 fully saturated rings. The van der Waals surface area contributed by atoms with E-state index < -0.39 is 6.03 Å². The van der Waals surface area contributed by atoms with E-state index in [9.17, 15) is 4.79 Å². The largest absolute Gasteiger partial charge is 0.378 e. The van der Waals surface area contributed by atoms with Crippen LogP contribution in [0.15, 0.2) is 48.5 Å². The van der Waals surface area contributed by atoms with Crippen molar-refractivity contribution in [3.8, 4) is 0 Å². The molecule has 1 unspecified atom stereocenters. The lowest BCUT2D eigenvalue weighted by Gasteiger charge is -2.17. The predicted molar refractivity (Wildman–Crippen MR) is 82.9 cm³/mol. The first-order valence-electron chi connectivity index (χ1n) is 6.55. The smallest absolute Gasteiger partial charge is 0.316 e. The van der Waals surface area contributed by atoms with Gasteiger partial charge in [-0.2, -0.15) is 0 Å². The maximum atomic E-state index is 10.8. The number of carbonyl (C=O) groups is 1. The van der Waals surface area contributed by atoms with Gasteiger partial charge in [-0.15, -0.1) is 0 Å².